The molecule has 2 radical (unpaired) electrons. The van der Waals surface area contributed by atoms with E-state index in [0.29, 0.717) is 16.8 Å². The van der Waals surface area contributed by atoms with Crippen LogP contribution in [-0.2, 0) is 5.62 Å². The third kappa shape index (κ3) is 3.41. The van der Waals surface area contributed by atoms with Crippen molar-refractivity contribution in [3.63, 3.8) is 0 Å². The van der Waals surface area contributed by atoms with Crippen molar-refractivity contribution in [2.75, 3.05) is 11.9 Å². The van der Waals surface area contributed by atoms with E-state index in [9.17, 15) is 15.2 Å². The third-order valence-corrected chi connectivity index (χ3v) is 3.74. The van der Waals surface area contributed by atoms with Gasteiger partial charge in [0.15, 0.2) is 7.85 Å². The Labute approximate surface area is 149 Å². The van der Waals surface area contributed by atoms with Crippen LogP contribution in [0.4, 0.5) is 11.4 Å². The number of aliphatic hydroxyl groups is 1. The van der Waals surface area contributed by atoms with Crippen LogP contribution in [0.1, 0.15) is 25.1 Å². The number of anilines is 1. The molecule has 1 aromatic heterocycles. The van der Waals surface area contributed by atoms with Gasteiger partial charge in [0, 0.05) is 29.9 Å². The first-order valence-corrected chi connectivity index (χ1v) is 7.85. The number of nitro benzene ring substituents is 1. The van der Waals surface area contributed by atoms with Gasteiger partial charge in [-0.15, -0.1) is 13.2 Å². The maximum atomic E-state index is 11.2. The summed E-state index contributed by atoms with van der Waals surface area (Å²) in [6, 6.07) is 8.15. The number of nitro groups is 1. The van der Waals surface area contributed by atoms with Crippen LogP contribution in [0, 0.1) is 17.0 Å². The van der Waals surface area contributed by atoms with Crippen molar-refractivity contribution >= 4 is 19.2 Å². The standard InChI is InChI=1S/C14H12BN3O3.C2H6.C2H4/c1-8-6-7-10-12(16-8)9-4-3-5-11(18(20)21)13(9)17(2)14(10,15)19;2*1-2/h3-7,19H,1-2H3;1-2H3;1-2H2. The Morgan fingerprint density at radius 1 is 1.28 bits per heavy atom. The number of aromatic nitrogens is 1. The minimum atomic E-state index is -1.85. The molecule has 0 fully saturated rings. The lowest BCUT2D eigenvalue weighted by Gasteiger charge is -2.42. The Morgan fingerprint density at radius 3 is 2.44 bits per heavy atom. The van der Waals surface area contributed by atoms with E-state index < -0.39 is 10.5 Å². The first-order valence-electron chi connectivity index (χ1n) is 7.85. The quantitative estimate of drug-likeness (QED) is 0.372. The van der Waals surface area contributed by atoms with Gasteiger partial charge in [-0.05, 0) is 13.0 Å². The Bertz CT molecular complexity index is 778. The zero-order valence-electron chi connectivity index (χ0n) is 15.0. The van der Waals surface area contributed by atoms with Gasteiger partial charge in [0.25, 0.3) is 5.69 Å². The van der Waals surface area contributed by atoms with E-state index in [0.717, 1.165) is 5.69 Å². The minimum Gasteiger partial charge on any atom is -0.376 e. The van der Waals surface area contributed by atoms with Crippen molar-refractivity contribution in [3.8, 4) is 11.3 Å². The van der Waals surface area contributed by atoms with Gasteiger partial charge in [-0.1, -0.05) is 32.0 Å². The fourth-order valence-corrected chi connectivity index (χ4v) is 2.63. The van der Waals surface area contributed by atoms with E-state index in [1.807, 2.05) is 20.8 Å². The molecule has 0 amide bonds. The fraction of sp³-hybridized carbons (Fsp3) is 0.278. The lowest BCUT2D eigenvalue weighted by Crippen LogP contribution is -2.47. The second-order valence-electron chi connectivity index (χ2n) is 5.06. The highest BCUT2D eigenvalue weighted by Crippen LogP contribution is 2.47. The number of aryl methyl sites for hydroxylation is 1. The number of pyridine rings is 1. The first-order chi connectivity index (χ1) is 11.8. The van der Waals surface area contributed by atoms with Crippen molar-refractivity contribution in [3.05, 3.63) is 64.9 Å². The zero-order chi connectivity index (χ0) is 19.4. The molecule has 1 aliphatic heterocycles. The summed E-state index contributed by atoms with van der Waals surface area (Å²) in [5.41, 5.74) is 0.508. The van der Waals surface area contributed by atoms with Crippen LogP contribution >= 0.6 is 0 Å². The van der Waals surface area contributed by atoms with E-state index in [2.05, 4.69) is 18.1 Å². The van der Waals surface area contributed by atoms with Crippen LogP contribution in [0.2, 0.25) is 0 Å². The molecule has 0 saturated carbocycles. The molecule has 25 heavy (non-hydrogen) atoms. The van der Waals surface area contributed by atoms with Gasteiger partial charge in [-0.2, -0.15) is 0 Å². The van der Waals surface area contributed by atoms with Crippen molar-refractivity contribution in [1.82, 2.24) is 4.98 Å². The summed E-state index contributed by atoms with van der Waals surface area (Å²) in [5, 5.41) is 21.8. The van der Waals surface area contributed by atoms with Crippen LogP contribution in [0.5, 0.6) is 0 Å². The number of hydrogen-bond acceptors (Lipinski definition) is 5. The molecule has 1 N–H and O–H groups in total. The normalized spacial score (nSPS) is 17.1. The molecule has 2 heterocycles. The van der Waals surface area contributed by atoms with E-state index in [1.165, 1.54) is 18.0 Å². The van der Waals surface area contributed by atoms with Crippen molar-refractivity contribution in [2.24, 2.45) is 0 Å². The van der Waals surface area contributed by atoms with Gasteiger partial charge in [-0.3, -0.25) is 15.1 Å². The predicted octanol–water partition coefficient (Wildman–Crippen LogP) is 3.51. The summed E-state index contributed by atoms with van der Waals surface area (Å²) in [5.74, 6) is 0. The van der Waals surface area contributed by atoms with E-state index >= 15 is 0 Å². The summed E-state index contributed by atoms with van der Waals surface area (Å²) in [6.45, 7) is 11.8. The van der Waals surface area contributed by atoms with Crippen LogP contribution in [0.3, 0.4) is 0 Å². The van der Waals surface area contributed by atoms with Gasteiger partial charge in [0.1, 0.15) is 11.3 Å². The van der Waals surface area contributed by atoms with Crippen molar-refractivity contribution < 1.29 is 10.0 Å². The number of hydrogen-bond donors (Lipinski definition) is 1. The molecule has 1 atom stereocenters. The molecular formula is C18H22BN3O3. The Hall–Kier alpha value is -2.67. The second-order valence-corrected chi connectivity index (χ2v) is 5.06. The van der Waals surface area contributed by atoms with Crippen LogP contribution < -0.4 is 4.90 Å². The highest BCUT2D eigenvalue weighted by Gasteiger charge is 2.40. The molecule has 1 aromatic carbocycles. The summed E-state index contributed by atoms with van der Waals surface area (Å²) in [4.78, 5) is 16.5. The van der Waals surface area contributed by atoms with Gasteiger partial charge < -0.3 is 10.0 Å². The monoisotopic (exact) mass is 339 g/mol. The maximum Gasteiger partial charge on any atom is 0.293 e. The fourth-order valence-electron chi connectivity index (χ4n) is 2.63. The summed E-state index contributed by atoms with van der Waals surface area (Å²) in [7, 11) is 7.51. The largest absolute Gasteiger partial charge is 0.376 e. The first kappa shape index (κ1) is 20.4. The summed E-state index contributed by atoms with van der Waals surface area (Å²) < 4.78 is 0. The van der Waals surface area contributed by atoms with Gasteiger partial charge in [0.05, 0.1) is 10.6 Å². The maximum absolute atomic E-state index is 11.2. The Kier molecular flexibility index (Phi) is 6.47. The van der Waals surface area contributed by atoms with Gasteiger partial charge in [-0.25, -0.2) is 0 Å². The Balaban J connectivity index is 0.000000730. The summed E-state index contributed by atoms with van der Waals surface area (Å²) >= 11 is 0. The number of para-hydroxylation sites is 1. The topological polar surface area (TPSA) is 79.5 Å². The smallest absolute Gasteiger partial charge is 0.293 e. The molecule has 0 spiro atoms. The van der Waals surface area contributed by atoms with Gasteiger partial charge >= 0.3 is 0 Å². The molecule has 0 saturated heterocycles. The van der Waals surface area contributed by atoms with Crippen molar-refractivity contribution in [1.29, 1.82) is 0 Å². The summed E-state index contributed by atoms with van der Waals surface area (Å²) in [6.07, 6.45) is 0. The second kappa shape index (κ2) is 7.94. The third-order valence-electron chi connectivity index (χ3n) is 3.74. The highest BCUT2D eigenvalue weighted by molar-refractivity contribution is 6.18. The van der Waals surface area contributed by atoms with Crippen molar-refractivity contribution in [2.45, 2.75) is 26.4 Å². The Morgan fingerprint density at radius 2 is 1.88 bits per heavy atom. The minimum absolute atomic E-state index is 0.118. The number of fused-ring (bicyclic) bond motifs is 3. The number of rotatable bonds is 1. The van der Waals surface area contributed by atoms with Crippen LogP contribution in [0.25, 0.3) is 11.3 Å². The SMILES string of the molecule is C=C.CC.[B]C1(O)c2ccc(C)nc2-c2cccc([N+](=O)[O-])c2N1C. The molecule has 6 nitrogen and oxygen atoms in total. The highest BCUT2D eigenvalue weighted by atomic mass is 16.6. The van der Waals surface area contributed by atoms with E-state index in [1.54, 1.807) is 24.3 Å². The van der Waals surface area contributed by atoms with E-state index in [-0.39, 0.29) is 11.4 Å². The molecule has 7 heteroatoms. The molecule has 1 aliphatic rings. The number of benzene rings is 1. The number of nitrogens with zero attached hydrogens (tertiary/aromatic N) is 3. The molecule has 1 unspecified atom stereocenters. The zero-order valence-corrected chi connectivity index (χ0v) is 15.0. The predicted molar refractivity (Wildman–Crippen MR) is 102 cm³/mol. The van der Waals surface area contributed by atoms with E-state index in [4.69, 9.17) is 7.85 Å². The molecule has 130 valence electrons. The van der Waals surface area contributed by atoms with Gasteiger partial charge in [0.2, 0.25) is 0 Å². The lowest BCUT2D eigenvalue weighted by molar-refractivity contribution is -0.384. The van der Waals surface area contributed by atoms with Crippen LogP contribution in [0.15, 0.2) is 43.5 Å². The van der Waals surface area contributed by atoms with Crippen LogP contribution in [-0.4, -0.2) is 29.9 Å². The average molecular weight is 339 g/mol. The molecule has 3 rings (SSSR count). The molecule has 0 aliphatic carbocycles. The molecule has 2 aromatic rings. The molecular weight excluding hydrogens is 317 g/mol. The average Bonchev–Trinajstić information content (AvgIpc) is 2.62. The molecule has 0 bridgehead atoms. The lowest BCUT2D eigenvalue weighted by atomic mass is 9.77.